The summed E-state index contributed by atoms with van der Waals surface area (Å²) in [7, 11) is 1.58. The molecule has 1 fully saturated rings. The molecule has 4 nitrogen and oxygen atoms in total. The fourth-order valence-electron chi connectivity index (χ4n) is 2.96. The van der Waals surface area contributed by atoms with E-state index >= 15 is 0 Å². The zero-order valence-electron chi connectivity index (χ0n) is 14.5. The van der Waals surface area contributed by atoms with Crippen LogP contribution >= 0.6 is 0 Å². The lowest BCUT2D eigenvalue weighted by molar-refractivity contribution is -0.129. The van der Waals surface area contributed by atoms with E-state index in [1.54, 1.807) is 20.1 Å². The first kappa shape index (κ1) is 17.7. The van der Waals surface area contributed by atoms with Crippen molar-refractivity contribution in [1.82, 2.24) is 10.2 Å². The molecule has 2 rings (SSSR count). The summed E-state index contributed by atoms with van der Waals surface area (Å²) in [6.07, 6.45) is 1.79. The van der Waals surface area contributed by atoms with E-state index in [4.69, 9.17) is 4.74 Å². The van der Waals surface area contributed by atoms with E-state index in [0.29, 0.717) is 23.9 Å². The second kappa shape index (κ2) is 7.77. The van der Waals surface area contributed by atoms with Crippen LogP contribution in [0, 0.1) is 5.82 Å². The van der Waals surface area contributed by atoms with E-state index in [0.717, 1.165) is 31.5 Å². The lowest BCUT2D eigenvalue weighted by Gasteiger charge is -2.32. The van der Waals surface area contributed by atoms with Gasteiger partial charge in [-0.15, -0.1) is 0 Å². The first-order valence-electron chi connectivity index (χ1n) is 8.27. The van der Waals surface area contributed by atoms with Crippen LogP contribution in [0.1, 0.15) is 50.7 Å². The SMILES string of the molecule is COc1cc(C(C)C)cc(F)c1CNC1CCN(C(C)=O)CC1. The lowest BCUT2D eigenvalue weighted by Crippen LogP contribution is -2.44. The van der Waals surface area contributed by atoms with Crippen molar-refractivity contribution in [3.63, 3.8) is 0 Å². The van der Waals surface area contributed by atoms with Crippen LogP contribution in [0.3, 0.4) is 0 Å². The number of nitrogens with one attached hydrogen (secondary N) is 1. The third-order valence-corrected chi connectivity index (χ3v) is 4.57. The molecular formula is C18H27FN2O2. The molecule has 1 aliphatic rings. The Hall–Kier alpha value is -1.62. The molecule has 0 spiro atoms. The fourth-order valence-corrected chi connectivity index (χ4v) is 2.96. The van der Waals surface area contributed by atoms with Gasteiger partial charge in [0.15, 0.2) is 0 Å². The second-order valence-electron chi connectivity index (χ2n) is 6.50. The number of rotatable bonds is 5. The van der Waals surface area contributed by atoms with Crippen molar-refractivity contribution >= 4 is 5.91 Å². The molecule has 0 saturated carbocycles. The van der Waals surface area contributed by atoms with Crippen molar-refractivity contribution in [1.29, 1.82) is 0 Å². The second-order valence-corrected chi connectivity index (χ2v) is 6.50. The molecule has 1 aromatic carbocycles. The van der Waals surface area contributed by atoms with Gasteiger partial charge in [0.05, 0.1) is 7.11 Å². The van der Waals surface area contributed by atoms with Gasteiger partial charge in [0.25, 0.3) is 0 Å². The van der Waals surface area contributed by atoms with Gasteiger partial charge in [-0.25, -0.2) is 4.39 Å². The molecule has 1 amide bonds. The van der Waals surface area contributed by atoms with Gasteiger partial charge in [-0.1, -0.05) is 13.8 Å². The zero-order valence-corrected chi connectivity index (χ0v) is 14.5. The summed E-state index contributed by atoms with van der Waals surface area (Å²) in [5.41, 5.74) is 1.52. The molecule has 1 saturated heterocycles. The van der Waals surface area contributed by atoms with Crippen LogP contribution in [0.2, 0.25) is 0 Å². The minimum absolute atomic E-state index is 0.125. The van der Waals surface area contributed by atoms with Crippen LogP contribution in [0.5, 0.6) is 5.75 Å². The maximum absolute atomic E-state index is 14.4. The Kier molecular flexibility index (Phi) is 5.99. The van der Waals surface area contributed by atoms with E-state index in [2.05, 4.69) is 5.32 Å². The molecule has 0 bridgehead atoms. The Morgan fingerprint density at radius 3 is 2.57 bits per heavy atom. The monoisotopic (exact) mass is 322 g/mol. The predicted molar refractivity (Wildman–Crippen MR) is 89.2 cm³/mol. The van der Waals surface area contributed by atoms with Crippen LogP contribution in [0.25, 0.3) is 0 Å². The Bertz CT molecular complexity index is 552. The van der Waals surface area contributed by atoms with Gasteiger partial charge in [0.1, 0.15) is 11.6 Å². The molecule has 128 valence electrons. The van der Waals surface area contributed by atoms with Gasteiger partial charge in [-0.3, -0.25) is 4.79 Å². The Morgan fingerprint density at radius 1 is 1.39 bits per heavy atom. The van der Waals surface area contributed by atoms with Gasteiger partial charge < -0.3 is 15.0 Å². The summed E-state index contributed by atoms with van der Waals surface area (Å²) in [4.78, 5) is 13.2. The van der Waals surface area contributed by atoms with Crippen LogP contribution in [0.4, 0.5) is 4.39 Å². The normalized spacial score (nSPS) is 16.0. The van der Waals surface area contributed by atoms with Crippen LogP contribution in [0.15, 0.2) is 12.1 Å². The third kappa shape index (κ3) is 4.44. The molecule has 1 aromatic rings. The molecule has 1 N–H and O–H groups in total. The zero-order chi connectivity index (χ0) is 17.0. The van der Waals surface area contributed by atoms with E-state index in [1.165, 1.54) is 0 Å². The van der Waals surface area contributed by atoms with Gasteiger partial charge >= 0.3 is 0 Å². The van der Waals surface area contributed by atoms with Gasteiger partial charge in [0, 0.05) is 38.2 Å². The van der Waals surface area contributed by atoms with E-state index in [1.807, 2.05) is 24.8 Å². The van der Waals surface area contributed by atoms with Gasteiger partial charge in [-0.2, -0.15) is 0 Å². The summed E-state index contributed by atoms with van der Waals surface area (Å²) >= 11 is 0. The highest BCUT2D eigenvalue weighted by Gasteiger charge is 2.21. The summed E-state index contributed by atoms with van der Waals surface area (Å²) < 4.78 is 19.8. The molecule has 5 heteroatoms. The number of likely N-dealkylation sites (tertiary alicyclic amines) is 1. The number of amides is 1. The standard InChI is InChI=1S/C18H27FN2O2/c1-12(2)14-9-17(19)16(18(10-14)23-4)11-20-15-5-7-21(8-6-15)13(3)22/h9-10,12,15,20H,5-8,11H2,1-4H3. The fraction of sp³-hybridized carbons (Fsp3) is 0.611. The largest absolute Gasteiger partial charge is 0.496 e. The average molecular weight is 322 g/mol. The highest BCUT2D eigenvalue weighted by molar-refractivity contribution is 5.73. The predicted octanol–water partition coefficient (Wildman–Crippen LogP) is 3.06. The lowest BCUT2D eigenvalue weighted by atomic mass is 9.99. The van der Waals surface area contributed by atoms with E-state index < -0.39 is 0 Å². The van der Waals surface area contributed by atoms with Crippen molar-refractivity contribution in [3.05, 3.63) is 29.1 Å². The van der Waals surface area contributed by atoms with Crippen LogP contribution in [-0.4, -0.2) is 37.0 Å². The molecule has 1 heterocycles. The Labute approximate surface area is 138 Å². The van der Waals surface area contributed by atoms with Crippen molar-refractivity contribution in [2.75, 3.05) is 20.2 Å². The number of carbonyl (C=O) groups excluding carboxylic acids is 1. The van der Waals surface area contributed by atoms with Crippen molar-refractivity contribution in [2.45, 2.75) is 52.1 Å². The number of benzene rings is 1. The number of ether oxygens (including phenoxy) is 1. The number of halogens is 1. The van der Waals surface area contributed by atoms with Crippen molar-refractivity contribution < 1.29 is 13.9 Å². The van der Waals surface area contributed by atoms with Crippen molar-refractivity contribution in [3.8, 4) is 5.75 Å². The molecule has 0 aromatic heterocycles. The van der Waals surface area contributed by atoms with E-state index in [-0.39, 0.29) is 17.6 Å². The third-order valence-electron chi connectivity index (χ3n) is 4.57. The molecule has 1 aliphatic heterocycles. The highest BCUT2D eigenvalue weighted by atomic mass is 19.1. The molecule has 23 heavy (non-hydrogen) atoms. The molecule has 0 atom stereocenters. The number of hydrogen-bond acceptors (Lipinski definition) is 3. The Morgan fingerprint density at radius 2 is 2.04 bits per heavy atom. The number of methoxy groups -OCH3 is 1. The summed E-state index contributed by atoms with van der Waals surface area (Å²) in [6.45, 7) is 7.64. The summed E-state index contributed by atoms with van der Waals surface area (Å²) in [5, 5.41) is 3.40. The minimum Gasteiger partial charge on any atom is -0.496 e. The maximum atomic E-state index is 14.4. The first-order chi connectivity index (χ1) is 10.9. The number of piperidine rings is 1. The molecule has 0 unspecified atom stereocenters. The van der Waals surface area contributed by atoms with E-state index in [9.17, 15) is 9.18 Å². The van der Waals surface area contributed by atoms with Crippen molar-refractivity contribution in [2.24, 2.45) is 0 Å². The smallest absolute Gasteiger partial charge is 0.219 e. The van der Waals surface area contributed by atoms with Gasteiger partial charge in [-0.05, 0) is 36.5 Å². The topological polar surface area (TPSA) is 41.6 Å². The molecular weight excluding hydrogens is 295 g/mol. The summed E-state index contributed by atoms with van der Waals surface area (Å²) in [5.74, 6) is 0.765. The molecule has 0 radical (unpaired) electrons. The number of carbonyl (C=O) groups is 1. The van der Waals surface area contributed by atoms with Gasteiger partial charge in [0.2, 0.25) is 5.91 Å². The minimum atomic E-state index is -0.221. The van der Waals surface area contributed by atoms with Crippen LogP contribution < -0.4 is 10.1 Å². The quantitative estimate of drug-likeness (QED) is 0.906. The number of nitrogens with zero attached hydrogens (tertiary/aromatic N) is 1. The maximum Gasteiger partial charge on any atom is 0.219 e. The average Bonchev–Trinajstić information content (AvgIpc) is 2.53. The number of hydrogen-bond donors (Lipinski definition) is 1. The molecule has 0 aliphatic carbocycles. The van der Waals surface area contributed by atoms with Crippen LogP contribution in [-0.2, 0) is 11.3 Å². The first-order valence-corrected chi connectivity index (χ1v) is 8.27. The summed E-state index contributed by atoms with van der Waals surface area (Å²) in [6, 6.07) is 3.82. The Balaban J connectivity index is 1.99. The highest BCUT2D eigenvalue weighted by Crippen LogP contribution is 2.28.